The summed E-state index contributed by atoms with van der Waals surface area (Å²) in [5.74, 6) is 0.174. The van der Waals surface area contributed by atoms with Crippen LogP contribution in [0.25, 0.3) is 0 Å². The van der Waals surface area contributed by atoms with Gasteiger partial charge in [-0.05, 0) is 13.3 Å². The summed E-state index contributed by atoms with van der Waals surface area (Å²) in [7, 11) is 0. The summed E-state index contributed by atoms with van der Waals surface area (Å²) in [5.41, 5.74) is 5.35. The van der Waals surface area contributed by atoms with Gasteiger partial charge in [0.15, 0.2) is 0 Å². The zero-order chi connectivity index (χ0) is 13.1. The van der Waals surface area contributed by atoms with E-state index in [0.29, 0.717) is 39.1 Å². The summed E-state index contributed by atoms with van der Waals surface area (Å²) in [6.07, 6.45) is 1.71. The highest BCUT2D eigenvalue weighted by Crippen LogP contribution is 1.97. The Balaban J connectivity index is 3.87. The lowest BCUT2D eigenvalue weighted by Gasteiger charge is -2.20. The van der Waals surface area contributed by atoms with Gasteiger partial charge in [0, 0.05) is 26.1 Å². The summed E-state index contributed by atoms with van der Waals surface area (Å²) in [6, 6.07) is 0. The molecule has 0 fully saturated rings. The fraction of sp³-hybridized carbons (Fsp3) is 0.818. The standard InChI is InChI=1S/C11H23N3O3/c1-3-8-17-9-6-11(15)14(4-2)7-5-10(12)13-16/h16H,3-9H2,1-2H3,(H2,12,13). The molecule has 0 heterocycles. The molecule has 0 saturated carbocycles. The number of hydrogen-bond acceptors (Lipinski definition) is 4. The van der Waals surface area contributed by atoms with Crippen molar-refractivity contribution in [2.24, 2.45) is 10.9 Å². The van der Waals surface area contributed by atoms with E-state index >= 15 is 0 Å². The van der Waals surface area contributed by atoms with E-state index in [1.165, 1.54) is 0 Å². The van der Waals surface area contributed by atoms with Gasteiger partial charge in [0.25, 0.3) is 0 Å². The highest BCUT2D eigenvalue weighted by Gasteiger charge is 2.11. The number of oxime groups is 1. The van der Waals surface area contributed by atoms with Crippen LogP contribution in [0.4, 0.5) is 0 Å². The first-order chi connectivity index (χ1) is 8.15. The summed E-state index contributed by atoms with van der Waals surface area (Å²) in [6.45, 7) is 6.15. The van der Waals surface area contributed by atoms with E-state index in [9.17, 15) is 4.79 Å². The fourth-order valence-electron chi connectivity index (χ4n) is 1.32. The van der Waals surface area contributed by atoms with Gasteiger partial charge in [0.1, 0.15) is 5.84 Å². The van der Waals surface area contributed by atoms with Crippen molar-refractivity contribution < 1.29 is 14.7 Å². The molecule has 1 amide bonds. The lowest BCUT2D eigenvalue weighted by molar-refractivity contribution is -0.132. The SMILES string of the molecule is CCCOCCC(=O)N(CC)CCC(N)=NO. The van der Waals surface area contributed by atoms with Gasteiger partial charge in [-0.25, -0.2) is 0 Å². The zero-order valence-corrected chi connectivity index (χ0v) is 10.7. The zero-order valence-electron chi connectivity index (χ0n) is 10.7. The molecular formula is C11H23N3O3. The van der Waals surface area contributed by atoms with Crippen molar-refractivity contribution in [3.63, 3.8) is 0 Å². The number of nitrogens with two attached hydrogens (primary N) is 1. The number of carbonyl (C=O) groups excluding carboxylic acids is 1. The van der Waals surface area contributed by atoms with Gasteiger partial charge < -0.3 is 20.6 Å². The van der Waals surface area contributed by atoms with E-state index in [-0.39, 0.29) is 11.7 Å². The Morgan fingerprint density at radius 1 is 1.35 bits per heavy atom. The molecule has 0 spiro atoms. The number of hydrogen-bond donors (Lipinski definition) is 2. The van der Waals surface area contributed by atoms with Gasteiger partial charge in [-0.1, -0.05) is 12.1 Å². The molecule has 100 valence electrons. The summed E-state index contributed by atoms with van der Waals surface area (Å²) >= 11 is 0. The number of nitrogens with zero attached hydrogens (tertiary/aromatic N) is 2. The monoisotopic (exact) mass is 245 g/mol. The summed E-state index contributed by atoms with van der Waals surface area (Å²) < 4.78 is 5.26. The second kappa shape index (κ2) is 9.89. The van der Waals surface area contributed by atoms with Crippen LogP contribution >= 0.6 is 0 Å². The maximum Gasteiger partial charge on any atom is 0.224 e. The third-order valence-corrected chi connectivity index (χ3v) is 2.31. The highest BCUT2D eigenvalue weighted by atomic mass is 16.5. The van der Waals surface area contributed by atoms with Gasteiger partial charge in [0.05, 0.1) is 13.0 Å². The predicted molar refractivity (Wildman–Crippen MR) is 66.0 cm³/mol. The van der Waals surface area contributed by atoms with E-state index < -0.39 is 0 Å². The molecule has 0 saturated heterocycles. The Kier molecular flexibility index (Phi) is 9.14. The largest absolute Gasteiger partial charge is 0.409 e. The Hall–Kier alpha value is -1.30. The van der Waals surface area contributed by atoms with E-state index in [2.05, 4.69) is 5.16 Å². The van der Waals surface area contributed by atoms with Crippen molar-refractivity contribution in [3.8, 4) is 0 Å². The topological polar surface area (TPSA) is 88.2 Å². The smallest absolute Gasteiger partial charge is 0.224 e. The van der Waals surface area contributed by atoms with Crippen LogP contribution < -0.4 is 5.73 Å². The minimum absolute atomic E-state index is 0.0364. The van der Waals surface area contributed by atoms with Crippen molar-refractivity contribution in [1.82, 2.24) is 4.90 Å². The average Bonchev–Trinajstić information content (AvgIpc) is 2.35. The lowest BCUT2D eigenvalue weighted by atomic mass is 10.3. The molecule has 0 aromatic carbocycles. The third-order valence-electron chi connectivity index (χ3n) is 2.31. The molecule has 0 aliphatic rings. The van der Waals surface area contributed by atoms with Gasteiger partial charge in [0.2, 0.25) is 5.91 Å². The molecule has 0 atom stereocenters. The molecule has 3 N–H and O–H groups in total. The van der Waals surface area contributed by atoms with Crippen LogP contribution in [0.3, 0.4) is 0 Å². The molecule has 17 heavy (non-hydrogen) atoms. The van der Waals surface area contributed by atoms with Crippen LogP contribution in [-0.2, 0) is 9.53 Å². The fourth-order valence-corrected chi connectivity index (χ4v) is 1.32. The molecule has 0 bridgehead atoms. The van der Waals surface area contributed by atoms with Crippen LogP contribution in [-0.4, -0.2) is 48.2 Å². The van der Waals surface area contributed by atoms with Crippen molar-refractivity contribution in [2.75, 3.05) is 26.3 Å². The van der Waals surface area contributed by atoms with Crippen LogP contribution in [0, 0.1) is 0 Å². The maximum absolute atomic E-state index is 11.7. The van der Waals surface area contributed by atoms with Crippen LogP contribution in [0.5, 0.6) is 0 Å². The molecule has 0 unspecified atom stereocenters. The van der Waals surface area contributed by atoms with Gasteiger partial charge in [-0.3, -0.25) is 4.79 Å². The van der Waals surface area contributed by atoms with Crippen LogP contribution in [0.2, 0.25) is 0 Å². The molecule has 0 aromatic heterocycles. The van der Waals surface area contributed by atoms with Crippen molar-refractivity contribution >= 4 is 11.7 Å². The van der Waals surface area contributed by atoms with E-state index in [4.69, 9.17) is 15.7 Å². The number of rotatable bonds is 9. The van der Waals surface area contributed by atoms with E-state index in [1.54, 1.807) is 4.90 Å². The average molecular weight is 245 g/mol. The first-order valence-corrected chi connectivity index (χ1v) is 5.97. The third kappa shape index (κ3) is 7.57. The van der Waals surface area contributed by atoms with Gasteiger partial charge in [-0.2, -0.15) is 0 Å². The Morgan fingerprint density at radius 3 is 2.59 bits per heavy atom. The van der Waals surface area contributed by atoms with Crippen LogP contribution in [0.15, 0.2) is 5.16 Å². The maximum atomic E-state index is 11.7. The molecule has 6 nitrogen and oxygen atoms in total. The highest BCUT2D eigenvalue weighted by molar-refractivity contribution is 5.81. The minimum Gasteiger partial charge on any atom is -0.409 e. The molecule has 0 radical (unpaired) electrons. The normalized spacial score (nSPS) is 11.5. The minimum atomic E-state index is 0.0364. The Morgan fingerprint density at radius 2 is 2.06 bits per heavy atom. The van der Waals surface area contributed by atoms with E-state index in [1.807, 2.05) is 13.8 Å². The summed E-state index contributed by atoms with van der Waals surface area (Å²) in [4.78, 5) is 13.4. The molecule has 0 aromatic rings. The molecule has 6 heteroatoms. The van der Waals surface area contributed by atoms with Gasteiger partial charge in [-0.15, -0.1) is 0 Å². The van der Waals surface area contributed by atoms with E-state index in [0.717, 1.165) is 6.42 Å². The quantitative estimate of drug-likeness (QED) is 0.207. The van der Waals surface area contributed by atoms with Crippen molar-refractivity contribution in [1.29, 1.82) is 0 Å². The Labute approximate surface area is 102 Å². The molecule has 0 aliphatic heterocycles. The number of amides is 1. The lowest BCUT2D eigenvalue weighted by Crippen LogP contribution is -2.34. The van der Waals surface area contributed by atoms with Crippen LogP contribution in [0.1, 0.15) is 33.1 Å². The van der Waals surface area contributed by atoms with Crippen molar-refractivity contribution in [3.05, 3.63) is 0 Å². The second-order valence-electron chi connectivity index (χ2n) is 3.68. The van der Waals surface area contributed by atoms with Gasteiger partial charge >= 0.3 is 0 Å². The molecular weight excluding hydrogens is 222 g/mol. The first kappa shape index (κ1) is 15.7. The number of ether oxygens (including phenoxy) is 1. The predicted octanol–water partition coefficient (Wildman–Crippen LogP) is 0.788. The summed E-state index contributed by atoms with van der Waals surface area (Å²) in [5, 5.41) is 11.3. The molecule has 0 aliphatic carbocycles. The second-order valence-corrected chi connectivity index (χ2v) is 3.68. The number of carbonyl (C=O) groups is 1. The first-order valence-electron chi connectivity index (χ1n) is 5.97. The molecule has 0 rings (SSSR count). The number of amidine groups is 1. The van der Waals surface area contributed by atoms with Crippen molar-refractivity contribution in [2.45, 2.75) is 33.1 Å². The Bertz CT molecular complexity index is 244.